The monoisotopic (exact) mass is 1100 g/mol. The van der Waals surface area contributed by atoms with Crippen LogP contribution in [0.4, 0.5) is 0 Å². The highest BCUT2D eigenvalue weighted by Gasteiger charge is 2.32. The number of halogens is 1. The predicted octanol–water partition coefficient (Wildman–Crippen LogP) is 16.4. The van der Waals surface area contributed by atoms with E-state index in [0.717, 1.165) is 18.8 Å². The van der Waals surface area contributed by atoms with Crippen LogP contribution < -0.4 is 21.5 Å². The molecule has 9 rings (SSSR count). The lowest BCUT2D eigenvalue weighted by Gasteiger charge is -2.23. The van der Waals surface area contributed by atoms with E-state index in [1.54, 1.807) is 0 Å². The van der Waals surface area contributed by atoms with Gasteiger partial charge in [-0.2, -0.15) is 22.6 Å². The number of allylic oxidation sites excluding steroid dienone is 1. The van der Waals surface area contributed by atoms with Gasteiger partial charge in [-0.3, -0.25) is 0 Å². The Morgan fingerprint density at radius 3 is 1.10 bits per heavy atom. The molecule has 8 aromatic carbocycles. The third kappa shape index (κ3) is 16.5. The molecule has 0 saturated heterocycles. The number of rotatable bonds is 16. The standard InChI is InChI=1S/C51H53N2.C11H16.C10H12.CH4.BrH.H2S/c1-34-29-46(36(3)42-21-13-9-14-22-42)50(47(30-34)37(4)43-23-15-10-16-24-43)52-33-53(41(8)40(52)7)51-48(38(5)44-25-17-11-18-26-44)31-35(2)32-49(51)39(6)45-27-19-12-20-28-45;1-10(2)8-9-11-6-4-3-5-7-11;1-2-3-7-10-8-5-4-6-9-10;;;/h9-33,36-39H,1-8H3;3-7,10H,8-9H2,1-2H3;2,4-6,8-9H,1,3,7H2;1H4;1H;1H2/q+1;;;;;/p-1/t36-,37-,38-,39-;;;;;/m1...../s1. The van der Waals surface area contributed by atoms with E-state index in [9.17, 15) is 0 Å². The molecule has 4 heteroatoms. The first-order chi connectivity index (χ1) is 35.9. The Labute approximate surface area is 483 Å². The molecule has 0 amide bonds. The molecule has 0 unspecified atom stereocenters. The number of nitrogens with zero attached hydrogens (tertiary/aromatic N) is 2. The summed E-state index contributed by atoms with van der Waals surface area (Å²) in [5.41, 5.74) is 21.2. The lowest BCUT2D eigenvalue weighted by atomic mass is 9.84. The van der Waals surface area contributed by atoms with Gasteiger partial charge in [-0.05, 0) is 78.8 Å². The molecule has 0 radical (unpaired) electrons. The highest BCUT2D eigenvalue weighted by atomic mass is 79.9. The van der Waals surface area contributed by atoms with Gasteiger partial charge in [-0.25, -0.2) is 0 Å². The van der Waals surface area contributed by atoms with Gasteiger partial charge in [0.25, 0.3) is 6.33 Å². The van der Waals surface area contributed by atoms with Gasteiger partial charge in [0.05, 0.1) is 0 Å². The van der Waals surface area contributed by atoms with Gasteiger partial charge in [-0.15, -0.1) is 6.58 Å². The quantitative estimate of drug-likeness (QED) is 0.0673. The van der Waals surface area contributed by atoms with Crippen molar-refractivity contribution in [2.75, 3.05) is 0 Å². The summed E-state index contributed by atoms with van der Waals surface area (Å²) in [5.74, 6) is 1.61. The largest absolute Gasteiger partial charge is 1.00 e. The average molecular weight is 1100 g/mol. The van der Waals surface area contributed by atoms with E-state index in [0.29, 0.717) is 0 Å². The molecule has 4 atom stereocenters. The number of imidazole rings is 1. The van der Waals surface area contributed by atoms with E-state index in [-0.39, 0.29) is 61.6 Å². The Morgan fingerprint density at radius 2 is 0.766 bits per heavy atom. The fourth-order valence-corrected chi connectivity index (χ4v) is 10.3. The summed E-state index contributed by atoms with van der Waals surface area (Å²) in [6, 6.07) is 74.7. The lowest BCUT2D eigenvalue weighted by Crippen LogP contribution is -3.00. The predicted molar refractivity (Wildman–Crippen MR) is 334 cm³/mol. The first-order valence-electron chi connectivity index (χ1n) is 27.1. The fourth-order valence-electron chi connectivity index (χ4n) is 10.3. The van der Waals surface area contributed by atoms with Crippen molar-refractivity contribution in [3.05, 3.63) is 303 Å². The molecule has 9 aromatic rings. The number of aryl methyl sites for hydroxylation is 4. The maximum atomic E-state index is 3.68. The number of hydrogen-bond donors (Lipinski definition) is 0. The minimum Gasteiger partial charge on any atom is -1.00 e. The van der Waals surface area contributed by atoms with Crippen LogP contribution >= 0.6 is 13.5 Å². The minimum atomic E-state index is 0. The molecular formula is C73H87BrN2S. The summed E-state index contributed by atoms with van der Waals surface area (Å²) in [7, 11) is 0. The van der Waals surface area contributed by atoms with Crippen LogP contribution in [0.1, 0.15) is 164 Å². The van der Waals surface area contributed by atoms with Gasteiger partial charge in [-0.1, -0.05) is 272 Å². The topological polar surface area (TPSA) is 8.81 Å². The summed E-state index contributed by atoms with van der Waals surface area (Å²) < 4.78 is 5.01. The third-order valence-electron chi connectivity index (χ3n) is 15.0. The van der Waals surface area contributed by atoms with Crippen LogP contribution in [0.3, 0.4) is 0 Å². The maximum absolute atomic E-state index is 3.68. The minimum absolute atomic E-state index is 0. The van der Waals surface area contributed by atoms with Gasteiger partial charge in [0.15, 0.2) is 0 Å². The maximum Gasteiger partial charge on any atom is 0.254 e. The van der Waals surface area contributed by atoms with Gasteiger partial charge in [0.1, 0.15) is 22.8 Å². The highest BCUT2D eigenvalue weighted by Crippen LogP contribution is 2.40. The van der Waals surface area contributed by atoms with E-state index in [2.05, 4.69) is 291 Å². The molecule has 402 valence electrons. The van der Waals surface area contributed by atoms with Crippen molar-refractivity contribution < 1.29 is 21.5 Å². The molecule has 1 heterocycles. The summed E-state index contributed by atoms with van der Waals surface area (Å²) >= 11 is 0. The molecule has 1 aromatic heterocycles. The molecule has 0 spiro atoms. The summed E-state index contributed by atoms with van der Waals surface area (Å²) in [4.78, 5) is 0. The van der Waals surface area contributed by atoms with Crippen LogP contribution in [0.2, 0.25) is 0 Å². The number of benzene rings is 8. The summed E-state index contributed by atoms with van der Waals surface area (Å²) in [5, 5.41) is 0. The van der Waals surface area contributed by atoms with Crippen molar-refractivity contribution in [2.24, 2.45) is 5.92 Å². The van der Waals surface area contributed by atoms with Gasteiger partial charge < -0.3 is 17.0 Å². The molecule has 0 N–H and O–H groups in total. The van der Waals surface area contributed by atoms with Crippen molar-refractivity contribution in [1.29, 1.82) is 0 Å². The average Bonchev–Trinajstić information content (AvgIpc) is 3.75. The normalized spacial score (nSPS) is 12.1. The summed E-state index contributed by atoms with van der Waals surface area (Å²) in [6.45, 7) is 26.8. The Kier molecular flexibility index (Phi) is 25.5. The van der Waals surface area contributed by atoms with Gasteiger partial charge in [0, 0.05) is 59.8 Å². The molecule has 0 bridgehead atoms. The highest BCUT2D eigenvalue weighted by molar-refractivity contribution is 7.59. The van der Waals surface area contributed by atoms with Crippen molar-refractivity contribution in [3.63, 3.8) is 0 Å². The summed E-state index contributed by atoms with van der Waals surface area (Å²) in [6.07, 6.45) is 9.05. The second-order valence-corrected chi connectivity index (χ2v) is 20.9. The molecule has 0 aliphatic heterocycles. The molecule has 2 nitrogen and oxygen atoms in total. The number of hydrogen-bond acceptors (Lipinski definition) is 0. The Balaban J connectivity index is 0.000000444. The third-order valence-corrected chi connectivity index (χ3v) is 15.0. The molecule has 77 heavy (non-hydrogen) atoms. The molecular weight excluding hydrogens is 1020 g/mol. The zero-order valence-corrected chi connectivity index (χ0v) is 49.6. The first kappa shape index (κ1) is 63.1. The van der Waals surface area contributed by atoms with Crippen molar-refractivity contribution in [3.8, 4) is 11.4 Å². The van der Waals surface area contributed by atoms with Crippen LogP contribution in [0.25, 0.3) is 11.4 Å². The van der Waals surface area contributed by atoms with E-state index >= 15 is 0 Å². The second-order valence-electron chi connectivity index (χ2n) is 20.9. The smallest absolute Gasteiger partial charge is 0.254 e. The van der Waals surface area contributed by atoms with Gasteiger partial charge in [0.2, 0.25) is 0 Å². The van der Waals surface area contributed by atoms with Crippen LogP contribution in [-0.2, 0) is 12.8 Å². The zero-order chi connectivity index (χ0) is 52.6. The lowest BCUT2D eigenvalue weighted by molar-refractivity contribution is -0.602. The van der Waals surface area contributed by atoms with Crippen LogP contribution in [0.15, 0.2) is 225 Å². The fraction of sp³-hybridized carbons (Fsp3) is 0.274. The Bertz CT molecular complexity index is 2830. The molecule has 0 aliphatic carbocycles. The molecule has 0 saturated carbocycles. The first-order valence-corrected chi connectivity index (χ1v) is 27.1. The van der Waals surface area contributed by atoms with Crippen molar-refractivity contribution in [1.82, 2.24) is 4.57 Å². The van der Waals surface area contributed by atoms with E-state index in [1.807, 2.05) is 12.1 Å². The van der Waals surface area contributed by atoms with Crippen molar-refractivity contribution >= 4 is 13.5 Å². The molecule has 0 aliphatic rings. The van der Waals surface area contributed by atoms with Crippen LogP contribution in [-0.4, -0.2) is 4.57 Å². The Morgan fingerprint density at radius 1 is 0.455 bits per heavy atom. The second kappa shape index (κ2) is 31.1. The van der Waals surface area contributed by atoms with E-state index < -0.39 is 0 Å². The Hall–Kier alpha value is -6.46. The van der Waals surface area contributed by atoms with E-state index in [1.165, 1.54) is 102 Å². The van der Waals surface area contributed by atoms with Crippen LogP contribution in [0.5, 0.6) is 0 Å². The van der Waals surface area contributed by atoms with E-state index in [4.69, 9.17) is 0 Å². The van der Waals surface area contributed by atoms with Crippen LogP contribution in [0, 0.1) is 33.6 Å². The van der Waals surface area contributed by atoms with Gasteiger partial charge >= 0.3 is 0 Å². The molecule has 0 fully saturated rings. The van der Waals surface area contributed by atoms with Crippen molar-refractivity contribution in [2.45, 2.75) is 126 Å². The zero-order valence-electron chi connectivity index (χ0n) is 47.0. The number of aromatic nitrogens is 2. The SMILES string of the molecule is C.C=CCCc1ccccc1.CC(C)CCc1ccccc1.Cc1cc([C@H](C)c2ccccc2)c(-n2c[n+](-c3c([C@H](C)c4ccccc4)cc(C)cc3[C@H](C)c3ccccc3)c(C)c2C)c([C@H](C)c2ccccc2)c1.S.[Br-].